The van der Waals surface area contributed by atoms with Gasteiger partial charge in [-0.15, -0.1) is 53.6 Å². The van der Waals surface area contributed by atoms with E-state index in [-0.39, 0.29) is 20.1 Å². The first-order chi connectivity index (χ1) is 24.5. The molecule has 0 unspecified atom stereocenters. The van der Waals surface area contributed by atoms with Crippen LogP contribution >= 0.6 is 0 Å². The summed E-state index contributed by atoms with van der Waals surface area (Å²) >= 11 is 0. The molecule has 0 amide bonds. The first kappa shape index (κ1) is 34.5. The summed E-state index contributed by atoms with van der Waals surface area (Å²) in [6.07, 6.45) is 3.85. The third-order valence-electron chi connectivity index (χ3n) is 8.91. The number of rotatable bonds is 6. The fourth-order valence-electron chi connectivity index (χ4n) is 6.07. The van der Waals surface area contributed by atoms with Crippen LogP contribution in [0.5, 0.6) is 0 Å². The van der Waals surface area contributed by atoms with E-state index < -0.39 is 14.0 Å². The minimum atomic E-state index is -1.23. The van der Waals surface area contributed by atoms with Crippen LogP contribution in [0, 0.1) is 12.1 Å². The van der Waals surface area contributed by atoms with E-state index in [1.54, 1.807) is 0 Å². The van der Waals surface area contributed by atoms with E-state index in [2.05, 4.69) is 96.3 Å². The zero-order valence-corrected chi connectivity index (χ0v) is 32.9. The number of fused-ring (bicyclic) bond motifs is 3. The number of hydrogen-bond acceptors (Lipinski definition) is 3. The summed E-state index contributed by atoms with van der Waals surface area (Å²) in [7, 11) is -1.23. The molecule has 0 bridgehead atoms. The Morgan fingerprint density at radius 2 is 1.35 bits per heavy atom. The summed E-state index contributed by atoms with van der Waals surface area (Å²) < 4.78 is 15.2. The molecule has 0 aliphatic heterocycles. The normalized spacial score (nSPS) is 11.7. The van der Waals surface area contributed by atoms with Crippen molar-refractivity contribution >= 4 is 35.2 Å². The van der Waals surface area contributed by atoms with Gasteiger partial charge in [-0.1, -0.05) is 130 Å². The second-order valence-electron chi connectivity index (χ2n) is 13.7. The Morgan fingerprint density at radius 1 is 0.647 bits per heavy atom. The Kier molecular flexibility index (Phi) is 10.5. The molecule has 3 nitrogen and oxygen atoms in total. The van der Waals surface area contributed by atoms with E-state index in [4.69, 9.17) is 5.79 Å². The van der Waals surface area contributed by atoms with Crippen LogP contribution in [0.25, 0.3) is 66.7 Å². The molecule has 0 fully saturated rings. The monoisotopic (exact) mass is 858 g/mol. The predicted molar refractivity (Wildman–Crippen MR) is 212 cm³/mol. The Labute approximate surface area is 317 Å². The molecule has 0 spiro atoms. The van der Waals surface area contributed by atoms with Crippen LogP contribution in [0.1, 0.15) is 26.7 Å². The number of benzene rings is 5. The minimum Gasteiger partial charge on any atom is -0.476 e. The van der Waals surface area contributed by atoms with Gasteiger partial charge in [0.25, 0.3) is 0 Å². The van der Waals surface area contributed by atoms with Crippen LogP contribution < -0.4 is 5.19 Å². The van der Waals surface area contributed by atoms with Crippen molar-refractivity contribution in [3.05, 3.63) is 164 Å². The molecule has 255 valence electrons. The van der Waals surface area contributed by atoms with Crippen LogP contribution in [0.3, 0.4) is 0 Å². The van der Waals surface area contributed by atoms with Gasteiger partial charge in [0.2, 0.25) is 0 Å². The van der Waals surface area contributed by atoms with Crippen LogP contribution in [0.2, 0.25) is 19.6 Å². The molecule has 8 aromatic rings. The molecule has 0 saturated carbocycles. The van der Waals surface area contributed by atoms with Crippen molar-refractivity contribution in [2.45, 2.75) is 39.4 Å². The Morgan fingerprint density at radius 3 is 1.98 bits per heavy atom. The molecule has 0 aliphatic rings. The fraction of sp³-hybridized carbons (Fsp3) is 0.130. The molecule has 0 N–H and O–H groups in total. The zero-order chi connectivity index (χ0) is 35.6. The molecule has 0 atom stereocenters. The molecule has 1 radical (unpaired) electrons. The predicted octanol–water partition coefficient (Wildman–Crippen LogP) is 12.0. The number of nitrogens with zero attached hydrogens (tertiary/aromatic N) is 2. The largest absolute Gasteiger partial charge is 0.476 e. The van der Waals surface area contributed by atoms with Crippen molar-refractivity contribution in [3.8, 4) is 44.8 Å². The van der Waals surface area contributed by atoms with Crippen LogP contribution in [-0.4, -0.2) is 18.0 Å². The first-order valence-electron chi connectivity index (χ1n) is 17.5. The molecule has 5 aromatic carbocycles. The van der Waals surface area contributed by atoms with Gasteiger partial charge in [0.15, 0.2) is 0 Å². The van der Waals surface area contributed by atoms with Gasteiger partial charge >= 0.3 is 0 Å². The summed E-state index contributed by atoms with van der Waals surface area (Å²) in [6.45, 7) is 10.8. The minimum absolute atomic E-state index is 0. The van der Waals surface area contributed by atoms with E-state index in [0.717, 1.165) is 72.3 Å². The van der Waals surface area contributed by atoms with Crippen molar-refractivity contribution in [3.63, 3.8) is 0 Å². The average molecular weight is 858 g/mol. The van der Waals surface area contributed by atoms with Gasteiger partial charge in [-0.2, -0.15) is 0 Å². The van der Waals surface area contributed by atoms with Gasteiger partial charge < -0.3 is 14.4 Å². The molecule has 3 aromatic heterocycles. The van der Waals surface area contributed by atoms with Crippen LogP contribution in [0.15, 0.2) is 150 Å². The Hall–Kier alpha value is -4.93. The molecular formula is C46H40IrN2OSi-2. The molecule has 8 rings (SSSR count). The smallest absolute Gasteiger partial charge is 0.127 e. The first-order valence-corrected chi connectivity index (χ1v) is 20.5. The number of pyridine rings is 2. The van der Waals surface area contributed by atoms with Crippen LogP contribution in [0.4, 0.5) is 0 Å². The van der Waals surface area contributed by atoms with Crippen molar-refractivity contribution in [2.24, 2.45) is 0 Å². The SMILES string of the molecule is C[Si](C)(C)c1ccc(-c2[c-]cccc2)nc1.[2H]C(C)(C)c1cc(-c2ccccc2)cc2c1oc1cc(-c3cc(-c4ccccc4)ccn3)[c-]cc12.[Ir]. The third kappa shape index (κ3) is 8.02. The summed E-state index contributed by atoms with van der Waals surface area (Å²) in [5, 5.41) is 3.39. The maximum Gasteiger partial charge on any atom is 0.127 e. The zero-order valence-electron chi connectivity index (χ0n) is 30.5. The van der Waals surface area contributed by atoms with E-state index in [0.29, 0.717) is 0 Å². The Bertz CT molecular complexity index is 2420. The maximum absolute atomic E-state index is 8.79. The van der Waals surface area contributed by atoms with Crippen molar-refractivity contribution in [1.82, 2.24) is 9.97 Å². The van der Waals surface area contributed by atoms with Gasteiger partial charge in [-0.25, -0.2) is 0 Å². The summed E-state index contributed by atoms with van der Waals surface area (Å²) in [4.78, 5) is 9.12. The van der Waals surface area contributed by atoms with Gasteiger partial charge in [-0.3, -0.25) is 0 Å². The van der Waals surface area contributed by atoms with E-state index >= 15 is 0 Å². The van der Waals surface area contributed by atoms with Crippen molar-refractivity contribution < 1.29 is 25.9 Å². The number of aromatic nitrogens is 2. The maximum atomic E-state index is 8.79. The summed E-state index contributed by atoms with van der Waals surface area (Å²) in [5.74, 6) is -0.810. The van der Waals surface area contributed by atoms with Gasteiger partial charge in [0.05, 0.1) is 13.7 Å². The summed E-state index contributed by atoms with van der Waals surface area (Å²) in [5.41, 5.74) is 10.7. The van der Waals surface area contributed by atoms with Gasteiger partial charge in [0.1, 0.15) is 5.58 Å². The fourth-order valence-corrected chi connectivity index (χ4v) is 7.10. The molecule has 0 aliphatic carbocycles. The standard InChI is InChI=1S/C32H24NO.C14H16NSi.Ir/c1-21(2)28-17-26(23-11-7-4-8-12-23)18-29-27-14-13-25(20-31(27)34-32(28)29)30-19-24(15-16-33-30)22-9-5-3-6-10-22;1-16(2,3)13-9-10-14(15-11-13)12-7-5-4-6-8-12;/h3-12,14-21H,1-2H3;4-7,9-11H,1-3H3;/q2*-1;/i21D;;. The molecule has 51 heavy (non-hydrogen) atoms. The molecule has 5 heteroatoms. The van der Waals surface area contributed by atoms with E-state index in [9.17, 15) is 0 Å². The quantitative estimate of drug-likeness (QED) is 0.124. The third-order valence-corrected chi connectivity index (χ3v) is 10.9. The van der Waals surface area contributed by atoms with Gasteiger partial charge in [0, 0.05) is 33.9 Å². The van der Waals surface area contributed by atoms with Crippen molar-refractivity contribution in [1.29, 1.82) is 0 Å². The van der Waals surface area contributed by atoms with Crippen molar-refractivity contribution in [2.75, 3.05) is 0 Å². The molecule has 3 heterocycles. The molecule has 0 saturated heterocycles. The Balaban J connectivity index is 0.000000230. The topological polar surface area (TPSA) is 38.9 Å². The number of hydrogen-bond donors (Lipinski definition) is 0. The second kappa shape index (κ2) is 15.5. The number of furan rings is 1. The van der Waals surface area contributed by atoms with Gasteiger partial charge in [-0.05, 0) is 67.8 Å². The van der Waals surface area contributed by atoms with E-state index in [1.807, 2.05) is 105 Å². The average Bonchev–Trinajstić information content (AvgIpc) is 3.53. The molecular weight excluding hydrogens is 817 g/mol. The van der Waals surface area contributed by atoms with E-state index in [1.165, 1.54) is 5.19 Å². The summed E-state index contributed by atoms with van der Waals surface area (Å²) in [6, 6.07) is 51.8. The van der Waals surface area contributed by atoms with Crippen LogP contribution in [-0.2, 0) is 20.1 Å². The second-order valence-corrected chi connectivity index (χ2v) is 18.8.